The van der Waals surface area contributed by atoms with Crippen LogP contribution in [-0.4, -0.2) is 16.9 Å². The van der Waals surface area contributed by atoms with Gasteiger partial charge in [-0.25, -0.2) is 0 Å². The van der Waals surface area contributed by atoms with Crippen molar-refractivity contribution in [1.82, 2.24) is 0 Å². The number of hydrogen-bond donors (Lipinski definition) is 1. The third-order valence-electron chi connectivity index (χ3n) is 3.76. The molecule has 0 saturated carbocycles. The quantitative estimate of drug-likeness (QED) is 0.929. The first-order chi connectivity index (χ1) is 9.65. The maximum Gasteiger partial charge on any atom is 0.307 e. The number of benzene rings is 2. The van der Waals surface area contributed by atoms with E-state index in [9.17, 15) is 9.59 Å². The smallest absolute Gasteiger partial charge is 0.307 e. The van der Waals surface area contributed by atoms with Crippen molar-refractivity contribution >= 4 is 11.8 Å². The molecule has 0 bridgehead atoms. The summed E-state index contributed by atoms with van der Waals surface area (Å²) in [6.45, 7) is 0. The van der Waals surface area contributed by atoms with Gasteiger partial charge in [-0.1, -0.05) is 48.5 Å². The molecular formula is C17H14O3. The van der Waals surface area contributed by atoms with Crippen LogP contribution >= 0.6 is 0 Å². The summed E-state index contributed by atoms with van der Waals surface area (Å²) in [5, 5.41) is 8.77. The molecular weight excluding hydrogens is 252 g/mol. The molecule has 3 nitrogen and oxygen atoms in total. The topological polar surface area (TPSA) is 54.4 Å². The molecule has 0 aromatic heterocycles. The number of Topliss-reactive ketones (excluding diaryl/α,β-unsaturated/α-hetero) is 1. The summed E-state index contributed by atoms with van der Waals surface area (Å²) < 4.78 is 0. The summed E-state index contributed by atoms with van der Waals surface area (Å²) in [6, 6.07) is 15.2. The Kier molecular flexibility index (Phi) is 3.11. The van der Waals surface area contributed by atoms with Crippen LogP contribution < -0.4 is 0 Å². The molecule has 0 heterocycles. The lowest BCUT2D eigenvalue weighted by Crippen LogP contribution is -2.01. The third kappa shape index (κ3) is 2.23. The second-order valence-corrected chi connectivity index (χ2v) is 5.08. The lowest BCUT2D eigenvalue weighted by Gasteiger charge is -2.11. The highest BCUT2D eigenvalue weighted by Gasteiger charge is 2.29. The molecule has 0 aliphatic heterocycles. The van der Waals surface area contributed by atoms with E-state index in [1.54, 1.807) is 0 Å². The van der Waals surface area contributed by atoms with E-state index in [1.165, 1.54) is 0 Å². The van der Waals surface area contributed by atoms with Crippen LogP contribution in [-0.2, 0) is 11.2 Å². The number of aliphatic carboxylic acids is 1. The standard InChI is InChI=1S/C17H14O3/c18-16-10-15(13-3-1-2-4-14(13)16)12-7-5-11(6-8-12)9-17(19)20/h1-8,15H,9-10H2,(H,19,20)/t15-/m1/s1. The zero-order valence-electron chi connectivity index (χ0n) is 10.9. The van der Waals surface area contributed by atoms with Crippen LogP contribution in [0.15, 0.2) is 48.5 Å². The number of carboxylic acid groups (broad SMARTS) is 1. The molecule has 1 aliphatic carbocycles. The Morgan fingerprint density at radius 3 is 2.50 bits per heavy atom. The molecule has 1 aliphatic rings. The second kappa shape index (κ2) is 4.93. The van der Waals surface area contributed by atoms with Crippen LogP contribution in [0.1, 0.15) is 39.4 Å². The molecule has 3 rings (SSSR count). The predicted octanol–water partition coefficient (Wildman–Crippen LogP) is 3.03. The second-order valence-electron chi connectivity index (χ2n) is 5.08. The largest absolute Gasteiger partial charge is 0.481 e. The normalized spacial score (nSPS) is 17.0. The monoisotopic (exact) mass is 266 g/mol. The molecule has 0 unspecified atom stereocenters. The molecule has 0 radical (unpaired) electrons. The highest BCUT2D eigenvalue weighted by molar-refractivity contribution is 6.01. The summed E-state index contributed by atoms with van der Waals surface area (Å²) in [4.78, 5) is 22.7. The highest BCUT2D eigenvalue weighted by atomic mass is 16.4. The molecule has 1 N–H and O–H groups in total. The van der Waals surface area contributed by atoms with Crippen LogP contribution in [0.2, 0.25) is 0 Å². The van der Waals surface area contributed by atoms with Gasteiger partial charge >= 0.3 is 5.97 Å². The van der Waals surface area contributed by atoms with Gasteiger partial charge in [-0.3, -0.25) is 9.59 Å². The Morgan fingerprint density at radius 2 is 1.80 bits per heavy atom. The number of carboxylic acids is 1. The van der Waals surface area contributed by atoms with Gasteiger partial charge in [0.25, 0.3) is 0 Å². The summed E-state index contributed by atoms with van der Waals surface area (Å²) in [7, 11) is 0. The Balaban J connectivity index is 1.91. The number of ketones is 1. The van der Waals surface area contributed by atoms with E-state index in [0.29, 0.717) is 6.42 Å². The molecule has 0 amide bonds. The average molecular weight is 266 g/mol. The Morgan fingerprint density at radius 1 is 1.10 bits per heavy atom. The lowest BCUT2D eigenvalue weighted by molar-refractivity contribution is -0.136. The van der Waals surface area contributed by atoms with Gasteiger partial charge in [0.05, 0.1) is 6.42 Å². The van der Waals surface area contributed by atoms with E-state index in [2.05, 4.69) is 0 Å². The predicted molar refractivity (Wildman–Crippen MR) is 75.0 cm³/mol. The van der Waals surface area contributed by atoms with Crippen LogP contribution in [0.3, 0.4) is 0 Å². The van der Waals surface area contributed by atoms with Gasteiger partial charge in [-0.05, 0) is 16.7 Å². The lowest BCUT2D eigenvalue weighted by atomic mass is 9.92. The number of carbonyl (C=O) groups is 2. The average Bonchev–Trinajstić information content (AvgIpc) is 2.77. The van der Waals surface area contributed by atoms with Crippen molar-refractivity contribution in [2.45, 2.75) is 18.8 Å². The Bertz CT molecular complexity index is 671. The van der Waals surface area contributed by atoms with Crippen molar-refractivity contribution in [1.29, 1.82) is 0 Å². The molecule has 2 aromatic carbocycles. The van der Waals surface area contributed by atoms with Gasteiger partial charge in [0.2, 0.25) is 0 Å². The maximum absolute atomic E-state index is 12.0. The zero-order chi connectivity index (χ0) is 14.1. The highest BCUT2D eigenvalue weighted by Crippen LogP contribution is 2.37. The molecule has 100 valence electrons. The van der Waals surface area contributed by atoms with Crippen molar-refractivity contribution < 1.29 is 14.7 Å². The van der Waals surface area contributed by atoms with Gasteiger partial charge < -0.3 is 5.11 Å². The molecule has 0 saturated heterocycles. The van der Waals surface area contributed by atoms with E-state index in [4.69, 9.17) is 5.11 Å². The van der Waals surface area contributed by atoms with Gasteiger partial charge in [-0.2, -0.15) is 0 Å². The Hall–Kier alpha value is -2.42. The summed E-state index contributed by atoms with van der Waals surface area (Å²) >= 11 is 0. The molecule has 3 heteroatoms. The van der Waals surface area contributed by atoms with Gasteiger partial charge in [0, 0.05) is 17.9 Å². The molecule has 1 atom stereocenters. The molecule has 2 aromatic rings. The number of rotatable bonds is 3. The number of fused-ring (bicyclic) bond motifs is 1. The summed E-state index contributed by atoms with van der Waals surface area (Å²) in [5.74, 6) is -0.558. The van der Waals surface area contributed by atoms with Crippen LogP contribution in [0.5, 0.6) is 0 Å². The van der Waals surface area contributed by atoms with E-state index >= 15 is 0 Å². The molecule has 0 fully saturated rings. The third-order valence-corrected chi connectivity index (χ3v) is 3.76. The van der Waals surface area contributed by atoms with Gasteiger partial charge in [-0.15, -0.1) is 0 Å². The van der Waals surface area contributed by atoms with E-state index in [-0.39, 0.29) is 18.1 Å². The minimum atomic E-state index is -0.834. The first-order valence-corrected chi connectivity index (χ1v) is 6.58. The van der Waals surface area contributed by atoms with E-state index in [0.717, 1.165) is 22.3 Å². The zero-order valence-corrected chi connectivity index (χ0v) is 10.9. The fourth-order valence-electron chi connectivity index (χ4n) is 2.80. The minimum absolute atomic E-state index is 0.0282. The van der Waals surface area contributed by atoms with Crippen LogP contribution in [0.25, 0.3) is 0 Å². The number of carbonyl (C=O) groups excluding carboxylic acids is 1. The fourth-order valence-corrected chi connectivity index (χ4v) is 2.80. The van der Waals surface area contributed by atoms with Crippen molar-refractivity contribution in [2.24, 2.45) is 0 Å². The Labute approximate surface area is 116 Å². The van der Waals surface area contributed by atoms with Crippen LogP contribution in [0.4, 0.5) is 0 Å². The van der Waals surface area contributed by atoms with E-state index in [1.807, 2.05) is 48.5 Å². The van der Waals surface area contributed by atoms with Gasteiger partial charge in [0.15, 0.2) is 5.78 Å². The summed E-state index contributed by atoms with van der Waals surface area (Å²) in [6.07, 6.45) is 0.526. The fraction of sp³-hybridized carbons (Fsp3) is 0.176. The van der Waals surface area contributed by atoms with Crippen molar-refractivity contribution in [3.05, 3.63) is 70.8 Å². The summed E-state index contributed by atoms with van der Waals surface area (Å²) in [5.41, 5.74) is 3.73. The SMILES string of the molecule is O=C(O)Cc1ccc([C@H]2CC(=O)c3ccccc32)cc1. The van der Waals surface area contributed by atoms with Crippen molar-refractivity contribution in [3.63, 3.8) is 0 Å². The van der Waals surface area contributed by atoms with Crippen molar-refractivity contribution in [2.75, 3.05) is 0 Å². The van der Waals surface area contributed by atoms with E-state index < -0.39 is 5.97 Å². The minimum Gasteiger partial charge on any atom is -0.481 e. The molecule has 20 heavy (non-hydrogen) atoms. The first kappa shape index (κ1) is 12.6. The maximum atomic E-state index is 12.0. The number of hydrogen-bond acceptors (Lipinski definition) is 2. The van der Waals surface area contributed by atoms with Crippen LogP contribution in [0, 0.1) is 0 Å². The van der Waals surface area contributed by atoms with Crippen molar-refractivity contribution in [3.8, 4) is 0 Å². The molecule has 0 spiro atoms. The first-order valence-electron chi connectivity index (χ1n) is 6.58. The van der Waals surface area contributed by atoms with Gasteiger partial charge in [0.1, 0.15) is 0 Å².